The normalized spacial score (nSPS) is 14.5. The first-order chi connectivity index (χ1) is 11.8. The summed E-state index contributed by atoms with van der Waals surface area (Å²) >= 11 is 0. The Kier molecular flexibility index (Phi) is 8.27. The van der Waals surface area contributed by atoms with Crippen LogP contribution in [0.4, 0.5) is 0 Å². The number of fused-ring (bicyclic) bond motifs is 1. The summed E-state index contributed by atoms with van der Waals surface area (Å²) in [5, 5.41) is 6.77. The Bertz CT molecular complexity index is 654. The molecule has 2 heterocycles. The van der Waals surface area contributed by atoms with Crippen molar-refractivity contribution in [1.29, 1.82) is 0 Å². The lowest BCUT2D eigenvalue weighted by molar-refractivity contribution is 0.258. The van der Waals surface area contributed by atoms with Gasteiger partial charge in [0.15, 0.2) is 5.96 Å². The highest BCUT2D eigenvalue weighted by atomic mass is 127. The van der Waals surface area contributed by atoms with E-state index >= 15 is 0 Å². The van der Waals surface area contributed by atoms with Crippen LogP contribution in [0.5, 0.6) is 0 Å². The lowest BCUT2D eigenvalue weighted by Crippen LogP contribution is -2.43. The van der Waals surface area contributed by atoms with E-state index in [4.69, 9.17) is 0 Å². The van der Waals surface area contributed by atoms with E-state index in [9.17, 15) is 0 Å². The summed E-state index contributed by atoms with van der Waals surface area (Å²) in [7, 11) is 1.82. The molecule has 136 valence electrons. The molecule has 0 saturated carbocycles. The van der Waals surface area contributed by atoms with E-state index in [0.717, 1.165) is 51.6 Å². The highest BCUT2D eigenvalue weighted by Crippen LogP contribution is 2.17. The van der Waals surface area contributed by atoms with Gasteiger partial charge in [0.1, 0.15) is 0 Å². The number of benzene rings is 1. The predicted octanol–water partition coefficient (Wildman–Crippen LogP) is 2.33. The van der Waals surface area contributed by atoms with Crippen LogP contribution in [-0.2, 0) is 19.5 Å². The number of nitrogens with one attached hydrogen (secondary N) is 2. The highest BCUT2D eigenvalue weighted by Gasteiger charge is 2.14. The van der Waals surface area contributed by atoms with Crippen molar-refractivity contribution in [2.75, 3.05) is 33.2 Å². The Morgan fingerprint density at radius 3 is 2.40 bits per heavy atom. The van der Waals surface area contributed by atoms with Crippen molar-refractivity contribution in [3.05, 3.63) is 59.9 Å². The first-order valence-electron chi connectivity index (χ1n) is 8.69. The van der Waals surface area contributed by atoms with Crippen LogP contribution in [0.25, 0.3) is 0 Å². The second-order valence-corrected chi connectivity index (χ2v) is 6.14. The summed E-state index contributed by atoms with van der Waals surface area (Å²) in [6.45, 7) is 5.94. The SMILES string of the molecule is CN=C(NCCN1CCc2ccccc2C1)NCCn1cccc1.I. The molecule has 1 aliphatic heterocycles. The van der Waals surface area contributed by atoms with E-state index in [1.54, 1.807) is 0 Å². The summed E-state index contributed by atoms with van der Waals surface area (Å²) in [5.74, 6) is 0.875. The molecule has 3 rings (SSSR count). The molecule has 0 aliphatic carbocycles. The lowest BCUT2D eigenvalue weighted by atomic mass is 10.00. The fourth-order valence-corrected chi connectivity index (χ4v) is 3.12. The Morgan fingerprint density at radius 1 is 1.00 bits per heavy atom. The molecule has 0 radical (unpaired) electrons. The molecule has 6 heteroatoms. The predicted molar refractivity (Wildman–Crippen MR) is 115 cm³/mol. The first-order valence-corrected chi connectivity index (χ1v) is 8.69. The zero-order valence-electron chi connectivity index (χ0n) is 14.8. The molecule has 0 atom stereocenters. The Hall–Kier alpha value is -1.54. The third-order valence-corrected chi connectivity index (χ3v) is 4.48. The molecular formula is C19H28IN5. The van der Waals surface area contributed by atoms with Crippen molar-refractivity contribution in [3.63, 3.8) is 0 Å². The lowest BCUT2D eigenvalue weighted by Gasteiger charge is -2.28. The molecule has 2 aromatic rings. The molecule has 5 nitrogen and oxygen atoms in total. The first kappa shape index (κ1) is 19.8. The number of halogens is 1. The number of aromatic nitrogens is 1. The molecule has 0 fully saturated rings. The number of hydrogen-bond donors (Lipinski definition) is 2. The summed E-state index contributed by atoms with van der Waals surface area (Å²) < 4.78 is 2.16. The minimum atomic E-state index is 0. The average molecular weight is 453 g/mol. The van der Waals surface area contributed by atoms with Gasteiger partial charge in [-0.3, -0.25) is 9.89 Å². The fourth-order valence-electron chi connectivity index (χ4n) is 3.12. The van der Waals surface area contributed by atoms with E-state index in [0.29, 0.717) is 0 Å². The molecule has 0 saturated heterocycles. The Labute approximate surface area is 167 Å². The highest BCUT2D eigenvalue weighted by molar-refractivity contribution is 14.0. The Balaban J connectivity index is 0.00000225. The number of guanidine groups is 1. The molecule has 1 aliphatic rings. The van der Waals surface area contributed by atoms with Gasteiger partial charge in [0.05, 0.1) is 0 Å². The average Bonchev–Trinajstić information content (AvgIpc) is 3.13. The molecule has 1 aromatic carbocycles. The van der Waals surface area contributed by atoms with Gasteiger partial charge in [0.2, 0.25) is 0 Å². The number of hydrogen-bond acceptors (Lipinski definition) is 2. The van der Waals surface area contributed by atoms with Gasteiger partial charge in [-0.05, 0) is 29.7 Å². The second-order valence-electron chi connectivity index (χ2n) is 6.14. The van der Waals surface area contributed by atoms with Crippen molar-refractivity contribution in [2.24, 2.45) is 4.99 Å². The van der Waals surface area contributed by atoms with Gasteiger partial charge >= 0.3 is 0 Å². The van der Waals surface area contributed by atoms with Crippen LogP contribution in [0.1, 0.15) is 11.1 Å². The van der Waals surface area contributed by atoms with Crippen molar-refractivity contribution >= 4 is 29.9 Å². The van der Waals surface area contributed by atoms with Crippen LogP contribution in [-0.4, -0.2) is 48.7 Å². The fraction of sp³-hybridized carbons (Fsp3) is 0.421. The molecule has 2 N–H and O–H groups in total. The van der Waals surface area contributed by atoms with Crippen LogP contribution >= 0.6 is 24.0 Å². The standard InChI is InChI=1S/C19H27N5.HI/c1-20-19(21-9-14-23-11-4-5-12-23)22-10-15-24-13-8-17-6-2-3-7-18(17)16-24;/h2-7,11-12H,8-10,13-16H2,1H3,(H2,20,21,22);1H. The molecule has 1 aromatic heterocycles. The van der Waals surface area contributed by atoms with Gasteiger partial charge in [-0.1, -0.05) is 24.3 Å². The van der Waals surface area contributed by atoms with Gasteiger partial charge in [-0.2, -0.15) is 0 Å². The van der Waals surface area contributed by atoms with Crippen molar-refractivity contribution in [1.82, 2.24) is 20.1 Å². The smallest absolute Gasteiger partial charge is 0.191 e. The van der Waals surface area contributed by atoms with E-state index in [-0.39, 0.29) is 24.0 Å². The van der Waals surface area contributed by atoms with Crippen LogP contribution < -0.4 is 10.6 Å². The molecular weight excluding hydrogens is 425 g/mol. The number of nitrogens with zero attached hydrogens (tertiary/aromatic N) is 3. The van der Waals surface area contributed by atoms with Crippen LogP contribution in [0.3, 0.4) is 0 Å². The zero-order valence-corrected chi connectivity index (χ0v) is 17.1. The van der Waals surface area contributed by atoms with Crippen molar-refractivity contribution in [3.8, 4) is 0 Å². The monoisotopic (exact) mass is 453 g/mol. The van der Waals surface area contributed by atoms with Crippen LogP contribution in [0, 0.1) is 0 Å². The quantitative estimate of drug-likeness (QED) is 0.401. The molecule has 0 unspecified atom stereocenters. The minimum absolute atomic E-state index is 0. The van der Waals surface area contributed by atoms with Crippen LogP contribution in [0.15, 0.2) is 53.8 Å². The second kappa shape index (κ2) is 10.5. The maximum atomic E-state index is 4.29. The summed E-state index contributed by atoms with van der Waals surface area (Å²) in [6, 6.07) is 12.9. The zero-order chi connectivity index (χ0) is 16.6. The number of rotatable bonds is 6. The molecule has 0 spiro atoms. The third kappa shape index (κ3) is 6.04. The largest absolute Gasteiger partial charge is 0.355 e. The van der Waals surface area contributed by atoms with Crippen LogP contribution in [0.2, 0.25) is 0 Å². The third-order valence-electron chi connectivity index (χ3n) is 4.48. The van der Waals surface area contributed by atoms with E-state index in [1.165, 1.54) is 11.1 Å². The topological polar surface area (TPSA) is 44.6 Å². The maximum absolute atomic E-state index is 4.29. The van der Waals surface area contributed by atoms with Gasteiger partial charge < -0.3 is 15.2 Å². The van der Waals surface area contributed by atoms with Crippen molar-refractivity contribution < 1.29 is 0 Å². The van der Waals surface area contributed by atoms with E-state index in [2.05, 4.69) is 61.8 Å². The summed E-state index contributed by atoms with van der Waals surface area (Å²) in [6.07, 6.45) is 5.30. The number of aliphatic imine (C=N–C) groups is 1. The van der Waals surface area contributed by atoms with Gasteiger partial charge in [0, 0.05) is 58.7 Å². The molecule has 25 heavy (non-hydrogen) atoms. The maximum Gasteiger partial charge on any atom is 0.191 e. The molecule has 0 amide bonds. The van der Waals surface area contributed by atoms with Gasteiger partial charge in [-0.25, -0.2) is 0 Å². The van der Waals surface area contributed by atoms with E-state index < -0.39 is 0 Å². The van der Waals surface area contributed by atoms with Crippen molar-refractivity contribution in [2.45, 2.75) is 19.5 Å². The minimum Gasteiger partial charge on any atom is -0.355 e. The summed E-state index contributed by atoms with van der Waals surface area (Å²) in [5.41, 5.74) is 2.97. The summed E-state index contributed by atoms with van der Waals surface area (Å²) in [4.78, 5) is 6.79. The van der Waals surface area contributed by atoms with Gasteiger partial charge in [0.25, 0.3) is 0 Å². The Morgan fingerprint density at radius 2 is 1.68 bits per heavy atom. The van der Waals surface area contributed by atoms with Gasteiger partial charge in [-0.15, -0.1) is 24.0 Å². The van der Waals surface area contributed by atoms with E-state index in [1.807, 2.05) is 19.2 Å². The molecule has 0 bridgehead atoms.